The summed E-state index contributed by atoms with van der Waals surface area (Å²) in [6, 6.07) is 9.13. The summed E-state index contributed by atoms with van der Waals surface area (Å²) in [4.78, 5) is 0. The van der Waals surface area contributed by atoms with Gasteiger partial charge in [0.15, 0.2) is 7.28 Å². The Kier molecular flexibility index (Phi) is 7.04. The molecule has 0 radical (unpaired) electrons. The van der Waals surface area contributed by atoms with E-state index in [0.29, 0.717) is 0 Å². The lowest BCUT2D eigenvalue weighted by atomic mass is 9.73. The molecule has 0 bridgehead atoms. The van der Waals surface area contributed by atoms with Crippen LogP contribution in [0, 0.1) is 0 Å². The molecule has 0 fully saturated rings. The van der Waals surface area contributed by atoms with Gasteiger partial charge < -0.3 is 0 Å². The number of unbranched alkanes of at least 4 members (excludes halogenated alkanes) is 5. The first-order valence-electron chi connectivity index (χ1n) is 6.94. The molecule has 1 rings (SSSR count). The van der Waals surface area contributed by atoms with Gasteiger partial charge in [-0.3, -0.25) is 0 Å². The van der Waals surface area contributed by atoms with Crippen molar-refractivity contribution in [2.45, 2.75) is 58.7 Å². The highest BCUT2D eigenvalue weighted by Crippen LogP contribution is 2.09. The quantitative estimate of drug-likeness (QED) is 0.459. The first-order valence-corrected chi connectivity index (χ1v) is 6.94. The zero-order valence-electron chi connectivity index (χ0n) is 11.0. The minimum Gasteiger partial charge on any atom is -0.0849 e. The van der Waals surface area contributed by atoms with Crippen LogP contribution in [-0.2, 0) is 6.42 Å². The monoisotopic (exact) mass is 216 g/mol. The Hall–Kier alpha value is -0.715. The summed E-state index contributed by atoms with van der Waals surface area (Å²) in [6.45, 7) is 4.48. The molecule has 0 atom stereocenters. The molecule has 88 valence electrons. The van der Waals surface area contributed by atoms with Crippen molar-refractivity contribution in [2.75, 3.05) is 0 Å². The third-order valence-electron chi connectivity index (χ3n) is 3.25. The molecule has 1 heteroatoms. The molecule has 0 aromatic heterocycles. The molecule has 1 aromatic rings. The highest BCUT2D eigenvalue weighted by molar-refractivity contribution is 6.51. The average Bonchev–Trinajstić information content (AvgIpc) is 2.34. The first kappa shape index (κ1) is 13.4. The van der Waals surface area contributed by atoms with Gasteiger partial charge in [-0.2, -0.15) is 0 Å². The van der Waals surface area contributed by atoms with Crippen LogP contribution in [-0.4, -0.2) is 7.28 Å². The Labute approximate surface area is 102 Å². The molecule has 0 saturated heterocycles. The van der Waals surface area contributed by atoms with Gasteiger partial charge in [0.2, 0.25) is 0 Å². The second kappa shape index (κ2) is 8.44. The van der Waals surface area contributed by atoms with Crippen molar-refractivity contribution >= 4 is 12.7 Å². The molecule has 0 amide bonds. The van der Waals surface area contributed by atoms with Crippen LogP contribution < -0.4 is 5.46 Å². The fourth-order valence-corrected chi connectivity index (χ4v) is 2.05. The Morgan fingerprint density at radius 3 is 2.12 bits per heavy atom. The van der Waals surface area contributed by atoms with Crippen LogP contribution in [0.25, 0.3) is 0 Å². The zero-order valence-corrected chi connectivity index (χ0v) is 11.0. The highest BCUT2D eigenvalue weighted by atomic mass is 14.0. The Morgan fingerprint density at radius 1 is 0.875 bits per heavy atom. The maximum absolute atomic E-state index is 2.30. The normalized spacial score (nSPS) is 10.4. The van der Waals surface area contributed by atoms with Crippen molar-refractivity contribution in [1.29, 1.82) is 0 Å². The first-order chi connectivity index (χ1) is 7.86. The van der Waals surface area contributed by atoms with E-state index in [-0.39, 0.29) is 0 Å². The summed E-state index contributed by atoms with van der Waals surface area (Å²) in [7, 11) is 1.15. The highest BCUT2D eigenvalue weighted by Gasteiger charge is 1.95. The molecule has 1 aromatic carbocycles. The van der Waals surface area contributed by atoms with E-state index in [1.165, 1.54) is 56.0 Å². The molecule has 0 heterocycles. The predicted octanol–water partition coefficient (Wildman–Crippen LogP) is 3.70. The van der Waals surface area contributed by atoms with Gasteiger partial charge in [-0.05, 0) is 18.4 Å². The summed E-state index contributed by atoms with van der Waals surface area (Å²) < 4.78 is 0. The largest absolute Gasteiger partial charge is 0.154 e. The molecule has 0 unspecified atom stereocenters. The van der Waals surface area contributed by atoms with Crippen molar-refractivity contribution in [3.63, 3.8) is 0 Å². The summed E-state index contributed by atoms with van der Waals surface area (Å²) in [5, 5.41) is 0. The van der Waals surface area contributed by atoms with Gasteiger partial charge in [0.1, 0.15) is 0 Å². The Bertz CT molecular complexity index is 263. The maximum atomic E-state index is 2.30. The van der Waals surface area contributed by atoms with E-state index in [4.69, 9.17) is 0 Å². The number of hydrogen-bond donors (Lipinski definition) is 0. The maximum Gasteiger partial charge on any atom is 0.154 e. The number of aryl methyl sites for hydroxylation is 1. The molecule has 0 aliphatic rings. The lowest BCUT2D eigenvalue weighted by Crippen LogP contribution is -2.09. The number of rotatable bonds is 8. The predicted molar refractivity (Wildman–Crippen MR) is 76.2 cm³/mol. The van der Waals surface area contributed by atoms with Crippen LogP contribution >= 0.6 is 0 Å². The second-order valence-electron chi connectivity index (χ2n) is 4.69. The number of hydrogen-bond acceptors (Lipinski definition) is 0. The van der Waals surface area contributed by atoms with E-state index in [2.05, 4.69) is 38.0 Å². The lowest BCUT2D eigenvalue weighted by molar-refractivity contribution is 0.607. The third kappa shape index (κ3) is 5.39. The molecular formula is C15H25B. The Morgan fingerprint density at radius 2 is 1.50 bits per heavy atom. The van der Waals surface area contributed by atoms with Gasteiger partial charge in [0.25, 0.3) is 0 Å². The third-order valence-corrected chi connectivity index (χ3v) is 3.25. The minimum absolute atomic E-state index is 1.15. The van der Waals surface area contributed by atoms with Crippen LogP contribution in [0.15, 0.2) is 24.3 Å². The average molecular weight is 216 g/mol. The van der Waals surface area contributed by atoms with E-state index >= 15 is 0 Å². The molecule has 16 heavy (non-hydrogen) atoms. The molecule has 0 aliphatic carbocycles. The van der Waals surface area contributed by atoms with Crippen molar-refractivity contribution < 1.29 is 0 Å². The van der Waals surface area contributed by atoms with Crippen LogP contribution in [0.5, 0.6) is 0 Å². The molecule has 0 saturated carbocycles. The fraction of sp³-hybridized carbons (Fsp3) is 0.600. The molecule has 0 nitrogen and oxygen atoms in total. The molecular weight excluding hydrogens is 191 g/mol. The van der Waals surface area contributed by atoms with E-state index in [1.807, 2.05) is 0 Å². The minimum atomic E-state index is 1.15. The van der Waals surface area contributed by atoms with Crippen molar-refractivity contribution in [1.82, 2.24) is 0 Å². The topological polar surface area (TPSA) is 0 Å². The van der Waals surface area contributed by atoms with Gasteiger partial charge in [0.05, 0.1) is 0 Å². The van der Waals surface area contributed by atoms with Crippen LogP contribution in [0.2, 0.25) is 6.82 Å². The zero-order chi connectivity index (χ0) is 11.6. The summed E-state index contributed by atoms with van der Waals surface area (Å²) in [5.41, 5.74) is 2.96. The van der Waals surface area contributed by atoms with E-state index in [1.54, 1.807) is 0 Å². The van der Waals surface area contributed by atoms with Gasteiger partial charge in [0, 0.05) is 0 Å². The van der Waals surface area contributed by atoms with Crippen molar-refractivity contribution in [2.24, 2.45) is 0 Å². The lowest BCUT2D eigenvalue weighted by Gasteiger charge is -2.03. The Balaban J connectivity index is 2.12. The summed E-state index contributed by atoms with van der Waals surface area (Å²) in [6.07, 6.45) is 9.61. The van der Waals surface area contributed by atoms with Gasteiger partial charge >= 0.3 is 0 Å². The smallest absolute Gasteiger partial charge is 0.0849 e. The van der Waals surface area contributed by atoms with Gasteiger partial charge in [-0.15, -0.1) is 0 Å². The van der Waals surface area contributed by atoms with E-state index in [0.717, 1.165) is 7.28 Å². The van der Waals surface area contributed by atoms with Crippen LogP contribution in [0.3, 0.4) is 0 Å². The van der Waals surface area contributed by atoms with Gasteiger partial charge in [-0.1, -0.05) is 75.6 Å². The second-order valence-corrected chi connectivity index (χ2v) is 4.69. The molecule has 0 N–H and O–H groups in total. The van der Waals surface area contributed by atoms with Crippen molar-refractivity contribution in [3.8, 4) is 0 Å². The van der Waals surface area contributed by atoms with Crippen LogP contribution in [0.1, 0.15) is 51.0 Å². The molecule has 0 spiro atoms. The van der Waals surface area contributed by atoms with Crippen molar-refractivity contribution in [3.05, 3.63) is 29.8 Å². The van der Waals surface area contributed by atoms with E-state index in [9.17, 15) is 0 Å². The van der Waals surface area contributed by atoms with Gasteiger partial charge in [-0.25, -0.2) is 0 Å². The van der Waals surface area contributed by atoms with E-state index < -0.39 is 0 Å². The summed E-state index contributed by atoms with van der Waals surface area (Å²) in [5.74, 6) is 0. The van der Waals surface area contributed by atoms with Crippen LogP contribution in [0.4, 0.5) is 0 Å². The number of benzene rings is 1. The molecule has 0 aliphatic heterocycles. The standard InChI is InChI=1S/C15H25B/c1-3-4-5-6-7-8-9-14-10-12-15(16-2)13-11-14/h10-13,16H,3-9H2,1-2H3. The SMILES string of the molecule is CBc1ccc(CCCCCCCC)cc1. The summed E-state index contributed by atoms with van der Waals surface area (Å²) >= 11 is 0. The fourth-order valence-electron chi connectivity index (χ4n) is 2.05.